The van der Waals surface area contributed by atoms with Crippen LogP contribution in [0.2, 0.25) is 0 Å². The van der Waals surface area contributed by atoms with Crippen LogP contribution in [-0.4, -0.2) is 18.8 Å². The molecule has 1 rings (SSSR count). The first-order valence-corrected chi connectivity index (χ1v) is 3.71. The second-order valence-electron chi connectivity index (χ2n) is 2.65. The van der Waals surface area contributed by atoms with Crippen LogP contribution in [0.25, 0.3) is 0 Å². The van der Waals surface area contributed by atoms with E-state index in [9.17, 15) is 0 Å². The lowest BCUT2D eigenvalue weighted by atomic mass is 9.90. The second-order valence-corrected chi connectivity index (χ2v) is 2.65. The number of hydrogen-bond donors (Lipinski definition) is 1. The molecule has 0 aromatic rings. The highest BCUT2D eigenvalue weighted by molar-refractivity contribution is 4.84. The zero-order chi connectivity index (χ0) is 6.69. The minimum Gasteiger partial charge on any atom is -0.377 e. The van der Waals surface area contributed by atoms with Crippen molar-refractivity contribution in [3.05, 3.63) is 0 Å². The van der Waals surface area contributed by atoms with Crippen molar-refractivity contribution in [1.29, 1.82) is 0 Å². The first kappa shape index (κ1) is 7.03. The molecule has 1 fully saturated rings. The lowest BCUT2D eigenvalue weighted by Gasteiger charge is -2.33. The molecule has 0 amide bonds. The molecule has 0 heterocycles. The van der Waals surface area contributed by atoms with Crippen LogP contribution in [0.3, 0.4) is 0 Å². The fourth-order valence-electron chi connectivity index (χ4n) is 0.971. The molecule has 0 radical (unpaired) electrons. The lowest BCUT2D eigenvalue weighted by Crippen LogP contribution is -2.45. The summed E-state index contributed by atoms with van der Waals surface area (Å²) in [5.41, 5.74) is 5.64. The molecule has 1 saturated carbocycles. The molecule has 1 aliphatic rings. The van der Waals surface area contributed by atoms with E-state index in [2.05, 4.69) is 6.92 Å². The van der Waals surface area contributed by atoms with Crippen LogP contribution in [0.15, 0.2) is 0 Å². The highest BCUT2D eigenvalue weighted by Gasteiger charge is 2.27. The standard InChI is InChI=1S/C7H15NO/c1-2-5-9-7-4-3-6(7)8/h6-7H,2-5,8H2,1H3/t6-,7?/m0/s1. The number of nitrogens with two attached hydrogens (primary N) is 1. The Bertz CT molecular complexity index is 85.0. The molecule has 0 aliphatic heterocycles. The molecule has 2 nitrogen and oxygen atoms in total. The molecule has 1 unspecified atom stereocenters. The predicted octanol–water partition coefficient (Wildman–Crippen LogP) is 0.903. The first-order valence-electron chi connectivity index (χ1n) is 3.71. The van der Waals surface area contributed by atoms with Gasteiger partial charge in [0.2, 0.25) is 0 Å². The number of rotatable bonds is 3. The van der Waals surface area contributed by atoms with Crippen molar-refractivity contribution < 1.29 is 4.74 Å². The van der Waals surface area contributed by atoms with Crippen LogP contribution in [0.5, 0.6) is 0 Å². The van der Waals surface area contributed by atoms with E-state index >= 15 is 0 Å². The molecular weight excluding hydrogens is 114 g/mol. The van der Waals surface area contributed by atoms with Gasteiger partial charge in [-0.2, -0.15) is 0 Å². The third-order valence-electron chi connectivity index (χ3n) is 1.80. The van der Waals surface area contributed by atoms with Gasteiger partial charge in [-0.15, -0.1) is 0 Å². The van der Waals surface area contributed by atoms with Gasteiger partial charge in [0.05, 0.1) is 6.10 Å². The molecule has 54 valence electrons. The van der Waals surface area contributed by atoms with Gasteiger partial charge in [0.25, 0.3) is 0 Å². The van der Waals surface area contributed by atoms with E-state index in [1.54, 1.807) is 0 Å². The number of hydrogen-bond acceptors (Lipinski definition) is 2. The smallest absolute Gasteiger partial charge is 0.0726 e. The predicted molar refractivity (Wildman–Crippen MR) is 37.2 cm³/mol. The van der Waals surface area contributed by atoms with Crippen molar-refractivity contribution in [2.45, 2.75) is 38.3 Å². The largest absolute Gasteiger partial charge is 0.377 e. The summed E-state index contributed by atoms with van der Waals surface area (Å²) >= 11 is 0. The maximum Gasteiger partial charge on any atom is 0.0726 e. The summed E-state index contributed by atoms with van der Waals surface area (Å²) in [6.45, 7) is 2.99. The minimum absolute atomic E-state index is 0.330. The molecule has 0 bridgehead atoms. The van der Waals surface area contributed by atoms with E-state index in [1.165, 1.54) is 6.42 Å². The van der Waals surface area contributed by atoms with Gasteiger partial charge in [-0.1, -0.05) is 6.92 Å². The number of ether oxygens (including phenoxy) is 1. The average Bonchev–Trinajstić information content (AvgIpc) is 1.86. The van der Waals surface area contributed by atoms with Gasteiger partial charge in [-0.25, -0.2) is 0 Å². The lowest BCUT2D eigenvalue weighted by molar-refractivity contribution is -0.0137. The van der Waals surface area contributed by atoms with Crippen LogP contribution in [0, 0.1) is 0 Å². The van der Waals surface area contributed by atoms with Crippen LogP contribution in [0.1, 0.15) is 26.2 Å². The summed E-state index contributed by atoms with van der Waals surface area (Å²) in [5, 5.41) is 0. The Kier molecular flexibility index (Phi) is 2.49. The summed E-state index contributed by atoms with van der Waals surface area (Å²) in [7, 11) is 0. The Morgan fingerprint density at radius 2 is 2.33 bits per heavy atom. The van der Waals surface area contributed by atoms with E-state index in [-0.39, 0.29) is 0 Å². The monoisotopic (exact) mass is 129 g/mol. The molecule has 2 N–H and O–H groups in total. The van der Waals surface area contributed by atoms with Crippen LogP contribution in [-0.2, 0) is 4.74 Å². The van der Waals surface area contributed by atoms with Crippen LogP contribution in [0.4, 0.5) is 0 Å². The topological polar surface area (TPSA) is 35.2 Å². The van der Waals surface area contributed by atoms with Crippen molar-refractivity contribution in [2.75, 3.05) is 6.61 Å². The molecule has 0 saturated heterocycles. The molecular formula is C7H15NO. The Hall–Kier alpha value is -0.0800. The van der Waals surface area contributed by atoms with Crippen molar-refractivity contribution in [2.24, 2.45) is 5.73 Å². The van der Waals surface area contributed by atoms with Crippen molar-refractivity contribution in [3.63, 3.8) is 0 Å². The molecule has 2 atom stereocenters. The summed E-state index contributed by atoms with van der Waals surface area (Å²) in [6, 6.07) is 0.330. The van der Waals surface area contributed by atoms with Gasteiger partial charge in [0.1, 0.15) is 0 Å². The van der Waals surface area contributed by atoms with Gasteiger partial charge in [-0.3, -0.25) is 0 Å². The van der Waals surface area contributed by atoms with Crippen molar-refractivity contribution >= 4 is 0 Å². The quantitative estimate of drug-likeness (QED) is 0.614. The van der Waals surface area contributed by atoms with E-state index in [0.29, 0.717) is 12.1 Å². The highest BCUT2D eigenvalue weighted by Crippen LogP contribution is 2.20. The van der Waals surface area contributed by atoms with Gasteiger partial charge in [0.15, 0.2) is 0 Å². The van der Waals surface area contributed by atoms with Gasteiger partial charge in [-0.05, 0) is 19.3 Å². The third-order valence-corrected chi connectivity index (χ3v) is 1.80. The Morgan fingerprint density at radius 3 is 2.67 bits per heavy atom. The molecule has 9 heavy (non-hydrogen) atoms. The van der Waals surface area contributed by atoms with Gasteiger partial charge >= 0.3 is 0 Å². The van der Waals surface area contributed by atoms with E-state index in [0.717, 1.165) is 19.4 Å². The normalized spacial score (nSPS) is 34.0. The summed E-state index contributed by atoms with van der Waals surface area (Å²) in [6.07, 6.45) is 3.80. The first-order chi connectivity index (χ1) is 4.34. The zero-order valence-electron chi connectivity index (χ0n) is 5.97. The maximum absolute atomic E-state index is 5.64. The summed E-state index contributed by atoms with van der Waals surface area (Å²) < 4.78 is 5.41. The van der Waals surface area contributed by atoms with Gasteiger partial charge in [0, 0.05) is 12.6 Å². The average molecular weight is 129 g/mol. The van der Waals surface area contributed by atoms with E-state index in [1.807, 2.05) is 0 Å². The van der Waals surface area contributed by atoms with Crippen LogP contribution < -0.4 is 5.73 Å². The van der Waals surface area contributed by atoms with Gasteiger partial charge < -0.3 is 10.5 Å². The third kappa shape index (κ3) is 1.66. The SMILES string of the molecule is CCCOC1CC[C@@H]1N. The van der Waals surface area contributed by atoms with E-state index < -0.39 is 0 Å². The molecule has 0 aromatic heterocycles. The molecule has 2 heteroatoms. The fourth-order valence-corrected chi connectivity index (χ4v) is 0.971. The minimum atomic E-state index is 0.330. The molecule has 0 spiro atoms. The maximum atomic E-state index is 5.64. The molecule has 0 aromatic carbocycles. The Balaban J connectivity index is 1.99. The van der Waals surface area contributed by atoms with E-state index in [4.69, 9.17) is 10.5 Å². The molecule has 1 aliphatic carbocycles. The zero-order valence-corrected chi connectivity index (χ0v) is 5.97. The second kappa shape index (κ2) is 3.18. The Morgan fingerprint density at radius 1 is 1.56 bits per heavy atom. The summed E-state index contributed by atoms with van der Waals surface area (Å²) in [5.74, 6) is 0. The van der Waals surface area contributed by atoms with Crippen LogP contribution >= 0.6 is 0 Å². The fraction of sp³-hybridized carbons (Fsp3) is 1.00. The summed E-state index contributed by atoms with van der Waals surface area (Å²) in [4.78, 5) is 0. The highest BCUT2D eigenvalue weighted by atomic mass is 16.5. The van der Waals surface area contributed by atoms with Crippen molar-refractivity contribution in [1.82, 2.24) is 0 Å². The van der Waals surface area contributed by atoms with Crippen molar-refractivity contribution in [3.8, 4) is 0 Å². The Labute approximate surface area is 56.4 Å².